The molecule has 1 unspecified atom stereocenters. The van der Waals surface area contributed by atoms with Gasteiger partial charge in [-0.15, -0.1) is 0 Å². The van der Waals surface area contributed by atoms with E-state index in [-0.39, 0.29) is 0 Å². The summed E-state index contributed by atoms with van der Waals surface area (Å²) in [4.78, 5) is 6.99. The van der Waals surface area contributed by atoms with Crippen LogP contribution in [0.2, 0.25) is 0 Å². The van der Waals surface area contributed by atoms with Crippen LogP contribution >= 0.6 is 0 Å². The molecule has 2 aromatic heterocycles. The van der Waals surface area contributed by atoms with Gasteiger partial charge in [0.05, 0.1) is 19.3 Å². The second-order valence-electron chi connectivity index (χ2n) is 7.03. The monoisotopic (exact) mass is 315 g/mol. The van der Waals surface area contributed by atoms with Gasteiger partial charge in [-0.25, -0.2) is 4.98 Å². The van der Waals surface area contributed by atoms with E-state index in [4.69, 9.17) is 4.74 Å². The summed E-state index contributed by atoms with van der Waals surface area (Å²) < 4.78 is 10.1. The molecule has 0 saturated heterocycles. The highest BCUT2D eigenvalue weighted by Crippen LogP contribution is 2.29. The smallest absolute Gasteiger partial charge is 0.122 e. The molecule has 23 heavy (non-hydrogen) atoms. The molecule has 0 N–H and O–H groups in total. The van der Waals surface area contributed by atoms with Gasteiger partial charge in [0.25, 0.3) is 0 Å². The van der Waals surface area contributed by atoms with Crippen LogP contribution < -0.4 is 0 Å². The van der Waals surface area contributed by atoms with Crippen LogP contribution in [0.3, 0.4) is 0 Å². The van der Waals surface area contributed by atoms with E-state index < -0.39 is 0 Å². The van der Waals surface area contributed by atoms with Crippen LogP contribution in [0.15, 0.2) is 24.8 Å². The third kappa shape index (κ3) is 3.82. The van der Waals surface area contributed by atoms with E-state index in [2.05, 4.69) is 31.9 Å². The van der Waals surface area contributed by atoms with E-state index in [1.807, 2.05) is 24.1 Å². The summed E-state index contributed by atoms with van der Waals surface area (Å²) in [5, 5.41) is 4.28. The summed E-state index contributed by atoms with van der Waals surface area (Å²) in [6, 6.07) is 0. The maximum atomic E-state index is 5.97. The lowest BCUT2D eigenvalue weighted by Gasteiger charge is -2.23. The Labute approximate surface area is 137 Å². The van der Waals surface area contributed by atoms with Gasteiger partial charge >= 0.3 is 0 Å². The van der Waals surface area contributed by atoms with Crippen LogP contribution in [0, 0.1) is 11.8 Å². The molecule has 6 nitrogen and oxygen atoms in total. The average Bonchev–Trinajstić information content (AvgIpc) is 3.16. The number of aromatic nitrogens is 4. The van der Waals surface area contributed by atoms with Crippen molar-refractivity contribution in [1.82, 2.24) is 24.2 Å². The minimum atomic E-state index is 0.515. The first kappa shape index (κ1) is 14.9. The Bertz CT molecular complexity index is 645. The molecule has 1 aliphatic heterocycles. The number of aryl methyl sites for hydroxylation is 1. The van der Waals surface area contributed by atoms with Crippen LogP contribution in [-0.2, 0) is 31.4 Å². The van der Waals surface area contributed by atoms with Gasteiger partial charge in [0.15, 0.2) is 0 Å². The van der Waals surface area contributed by atoms with E-state index >= 15 is 0 Å². The Kier molecular flexibility index (Phi) is 4.18. The van der Waals surface area contributed by atoms with Crippen molar-refractivity contribution in [2.45, 2.75) is 32.5 Å². The van der Waals surface area contributed by atoms with Gasteiger partial charge in [0, 0.05) is 63.4 Å². The highest BCUT2D eigenvalue weighted by Gasteiger charge is 2.25. The molecule has 4 rings (SSSR count). The van der Waals surface area contributed by atoms with Crippen molar-refractivity contribution in [3.05, 3.63) is 36.2 Å². The molecule has 6 heteroatoms. The average molecular weight is 315 g/mol. The molecule has 2 aliphatic rings. The van der Waals surface area contributed by atoms with Crippen molar-refractivity contribution in [1.29, 1.82) is 0 Å². The van der Waals surface area contributed by atoms with Gasteiger partial charge in [-0.05, 0) is 18.8 Å². The molecule has 1 fully saturated rings. The molecule has 0 amide bonds. The van der Waals surface area contributed by atoms with E-state index in [1.165, 1.54) is 18.4 Å². The van der Waals surface area contributed by atoms with Crippen LogP contribution in [0.4, 0.5) is 0 Å². The first-order chi connectivity index (χ1) is 11.3. The largest absolute Gasteiger partial charge is 0.381 e. The minimum Gasteiger partial charge on any atom is -0.381 e. The molecule has 2 aromatic rings. The summed E-state index contributed by atoms with van der Waals surface area (Å²) in [6.07, 6.45) is 10.8. The van der Waals surface area contributed by atoms with Crippen molar-refractivity contribution < 1.29 is 4.74 Å². The van der Waals surface area contributed by atoms with Crippen molar-refractivity contribution >= 4 is 0 Å². The van der Waals surface area contributed by atoms with Crippen LogP contribution in [-0.4, -0.2) is 44.0 Å². The Morgan fingerprint density at radius 2 is 2.09 bits per heavy atom. The summed E-state index contributed by atoms with van der Waals surface area (Å²) in [6.45, 7) is 5.64. The number of ether oxygens (including phenoxy) is 1. The topological polar surface area (TPSA) is 48.1 Å². The number of hydrogen-bond donors (Lipinski definition) is 0. The van der Waals surface area contributed by atoms with E-state index in [0.717, 1.165) is 51.1 Å². The van der Waals surface area contributed by atoms with Crippen molar-refractivity contribution in [3.8, 4) is 0 Å². The zero-order valence-corrected chi connectivity index (χ0v) is 13.8. The first-order valence-electron chi connectivity index (χ1n) is 8.54. The van der Waals surface area contributed by atoms with Crippen molar-refractivity contribution in [3.63, 3.8) is 0 Å². The Morgan fingerprint density at radius 3 is 2.87 bits per heavy atom. The van der Waals surface area contributed by atoms with E-state index in [1.54, 1.807) is 0 Å². The van der Waals surface area contributed by atoms with Crippen molar-refractivity contribution in [2.24, 2.45) is 18.9 Å². The number of fused-ring (bicyclic) bond motifs is 1. The Hall–Kier alpha value is -1.66. The van der Waals surface area contributed by atoms with Gasteiger partial charge in [0.2, 0.25) is 0 Å². The minimum absolute atomic E-state index is 0.515. The quantitative estimate of drug-likeness (QED) is 0.814. The molecular weight excluding hydrogens is 290 g/mol. The predicted molar refractivity (Wildman–Crippen MR) is 86.6 cm³/mol. The second kappa shape index (κ2) is 6.45. The molecule has 0 radical (unpaired) electrons. The van der Waals surface area contributed by atoms with Gasteiger partial charge in [-0.3, -0.25) is 9.58 Å². The molecule has 124 valence electrons. The molecule has 0 aromatic carbocycles. The van der Waals surface area contributed by atoms with E-state index in [9.17, 15) is 0 Å². The SMILES string of the molecule is Cn1cc(CN2Cc3nccn3CC(COCC3CC3)C2)cn1. The number of hydrogen-bond acceptors (Lipinski definition) is 4. The van der Waals surface area contributed by atoms with Gasteiger partial charge in [-0.2, -0.15) is 5.10 Å². The Morgan fingerprint density at radius 1 is 1.22 bits per heavy atom. The van der Waals surface area contributed by atoms with Gasteiger partial charge in [-0.1, -0.05) is 0 Å². The number of nitrogens with zero attached hydrogens (tertiary/aromatic N) is 5. The predicted octanol–water partition coefficient (Wildman–Crippen LogP) is 1.68. The van der Waals surface area contributed by atoms with Crippen LogP contribution in [0.25, 0.3) is 0 Å². The fourth-order valence-corrected chi connectivity index (χ4v) is 3.35. The number of imidazole rings is 1. The molecule has 0 spiro atoms. The lowest BCUT2D eigenvalue weighted by molar-refractivity contribution is 0.0705. The number of rotatable bonds is 6. The first-order valence-corrected chi connectivity index (χ1v) is 8.54. The lowest BCUT2D eigenvalue weighted by atomic mass is 10.1. The Balaban J connectivity index is 1.42. The fraction of sp³-hybridized carbons (Fsp3) is 0.647. The summed E-state index contributed by atoms with van der Waals surface area (Å²) in [5.41, 5.74) is 1.25. The van der Waals surface area contributed by atoms with Crippen molar-refractivity contribution in [2.75, 3.05) is 19.8 Å². The third-order valence-electron chi connectivity index (χ3n) is 4.71. The highest BCUT2D eigenvalue weighted by molar-refractivity contribution is 5.05. The second-order valence-corrected chi connectivity index (χ2v) is 7.03. The normalized spacial score (nSPS) is 22.0. The fourth-order valence-electron chi connectivity index (χ4n) is 3.35. The maximum absolute atomic E-state index is 5.97. The third-order valence-corrected chi connectivity index (χ3v) is 4.71. The zero-order chi connectivity index (χ0) is 15.6. The molecule has 1 aliphatic carbocycles. The van der Waals surface area contributed by atoms with E-state index in [0.29, 0.717) is 5.92 Å². The highest BCUT2D eigenvalue weighted by atomic mass is 16.5. The molecular formula is C17H25N5O. The lowest BCUT2D eigenvalue weighted by Crippen LogP contribution is -2.30. The van der Waals surface area contributed by atoms with Crippen LogP contribution in [0.1, 0.15) is 24.2 Å². The van der Waals surface area contributed by atoms with Crippen LogP contribution in [0.5, 0.6) is 0 Å². The molecule has 1 atom stereocenters. The summed E-state index contributed by atoms with van der Waals surface area (Å²) in [7, 11) is 1.97. The van der Waals surface area contributed by atoms with Gasteiger partial charge in [0.1, 0.15) is 5.82 Å². The molecule has 1 saturated carbocycles. The standard InChI is InChI=1S/C17H25N5O/c1-20-7-15(6-19-20)8-21-9-16(13-23-12-14-2-3-14)10-22-5-4-18-17(22)11-21/h4-7,14,16H,2-3,8-13H2,1H3. The summed E-state index contributed by atoms with van der Waals surface area (Å²) >= 11 is 0. The molecule has 0 bridgehead atoms. The molecule has 3 heterocycles. The summed E-state index contributed by atoms with van der Waals surface area (Å²) in [5.74, 6) is 2.50. The van der Waals surface area contributed by atoms with Gasteiger partial charge < -0.3 is 9.30 Å². The zero-order valence-electron chi connectivity index (χ0n) is 13.8. The maximum Gasteiger partial charge on any atom is 0.122 e.